The summed E-state index contributed by atoms with van der Waals surface area (Å²) < 4.78 is 5.04. The third kappa shape index (κ3) is 3.38. The van der Waals surface area contributed by atoms with Crippen molar-refractivity contribution in [1.29, 1.82) is 0 Å². The van der Waals surface area contributed by atoms with Gasteiger partial charge in [-0.3, -0.25) is 14.9 Å². The number of hydrogen-bond donors (Lipinski definition) is 3. The third-order valence-electron chi connectivity index (χ3n) is 3.32. The molecule has 7 heteroatoms. The molecule has 1 aliphatic heterocycles. The van der Waals surface area contributed by atoms with Gasteiger partial charge in [0.05, 0.1) is 13.2 Å². The summed E-state index contributed by atoms with van der Waals surface area (Å²) >= 11 is 0. The van der Waals surface area contributed by atoms with E-state index in [1.165, 1.54) is 7.11 Å². The maximum atomic E-state index is 11.6. The highest BCUT2D eigenvalue weighted by atomic mass is 16.5. The summed E-state index contributed by atoms with van der Waals surface area (Å²) in [6, 6.07) is 4.41. The Hall–Kier alpha value is -2.41. The highest BCUT2D eigenvalue weighted by Crippen LogP contribution is 2.22. The highest BCUT2D eigenvalue weighted by Gasteiger charge is 2.26. The topological polar surface area (TPSA) is 105 Å². The smallest absolute Gasteiger partial charge is 0.339 e. The summed E-state index contributed by atoms with van der Waals surface area (Å²) in [6.07, 6.45) is 0.671. The number of ether oxygens (including phenoxy) is 1. The van der Waals surface area contributed by atoms with Crippen molar-refractivity contribution in [2.45, 2.75) is 25.4 Å². The van der Waals surface area contributed by atoms with Crippen LogP contribution in [-0.4, -0.2) is 36.0 Å². The molecule has 2 rings (SSSR count). The van der Waals surface area contributed by atoms with E-state index in [1.807, 2.05) is 0 Å². The fraction of sp³-hybridized carbons (Fsp3) is 0.357. The molecule has 1 atom stereocenters. The van der Waals surface area contributed by atoms with E-state index < -0.39 is 12.0 Å². The fourth-order valence-electron chi connectivity index (χ4n) is 2.26. The molecule has 112 valence electrons. The standard InChI is InChI=1S/C14H16N2O5/c1-21-10-4-2-3-8(12(10)14(19)20)7-15-9-5-6-11(17)16-13(9)18/h2-4,9,15H,5-7H2,1H3,(H,19,20)(H,16,17,18). The zero-order valence-corrected chi connectivity index (χ0v) is 11.5. The first-order chi connectivity index (χ1) is 10.0. The molecule has 0 bridgehead atoms. The molecular weight excluding hydrogens is 276 g/mol. The molecule has 7 nitrogen and oxygen atoms in total. The minimum absolute atomic E-state index is 0.0693. The lowest BCUT2D eigenvalue weighted by Gasteiger charge is -2.22. The maximum Gasteiger partial charge on any atom is 0.339 e. The molecule has 1 unspecified atom stereocenters. The van der Waals surface area contributed by atoms with Crippen molar-refractivity contribution in [3.8, 4) is 5.75 Å². The molecule has 0 spiro atoms. The maximum absolute atomic E-state index is 11.6. The van der Waals surface area contributed by atoms with Crippen LogP contribution in [0.4, 0.5) is 0 Å². The van der Waals surface area contributed by atoms with Crippen LogP contribution >= 0.6 is 0 Å². The van der Waals surface area contributed by atoms with Crippen molar-refractivity contribution in [2.24, 2.45) is 0 Å². The third-order valence-corrected chi connectivity index (χ3v) is 3.32. The average molecular weight is 292 g/mol. The van der Waals surface area contributed by atoms with E-state index >= 15 is 0 Å². The van der Waals surface area contributed by atoms with E-state index in [4.69, 9.17) is 4.74 Å². The number of nitrogens with one attached hydrogen (secondary N) is 2. The number of rotatable bonds is 5. The second-order valence-electron chi connectivity index (χ2n) is 4.68. The van der Waals surface area contributed by atoms with Gasteiger partial charge in [0, 0.05) is 13.0 Å². The van der Waals surface area contributed by atoms with Crippen molar-refractivity contribution in [1.82, 2.24) is 10.6 Å². The van der Waals surface area contributed by atoms with Crippen LogP contribution in [0.2, 0.25) is 0 Å². The van der Waals surface area contributed by atoms with Gasteiger partial charge in [-0.25, -0.2) is 4.79 Å². The number of benzene rings is 1. The lowest BCUT2D eigenvalue weighted by atomic mass is 10.0. The summed E-state index contributed by atoms with van der Waals surface area (Å²) in [4.78, 5) is 34.0. The first kappa shape index (κ1) is 15.0. The minimum Gasteiger partial charge on any atom is -0.496 e. The number of carbonyl (C=O) groups is 3. The molecule has 0 saturated carbocycles. The van der Waals surface area contributed by atoms with Gasteiger partial charge in [-0.2, -0.15) is 0 Å². The number of methoxy groups -OCH3 is 1. The quantitative estimate of drug-likeness (QED) is 0.674. The van der Waals surface area contributed by atoms with Crippen LogP contribution in [0.3, 0.4) is 0 Å². The Labute approximate surface area is 121 Å². The van der Waals surface area contributed by atoms with E-state index in [0.717, 1.165) is 0 Å². The molecular formula is C14H16N2O5. The first-order valence-corrected chi connectivity index (χ1v) is 6.49. The van der Waals surface area contributed by atoms with E-state index in [2.05, 4.69) is 10.6 Å². The zero-order chi connectivity index (χ0) is 15.4. The van der Waals surface area contributed by atoms with Crippen LogP contribution in [0.1, 0.15) is 28.8 Å². The van der Waals surface area contributed by atoms with Gasteiger partial charge in [0.1, 0.15) is 11.3 Å². The molecule has 1 aromatic carbocycles. The van der Waals surface area contributed by atoms with Crippen molar-refractivity contribution in [3.63, 3.8) is 0 Å². The lowest BCUT2D eigenvalue weighted by molar-refractivity contribution is -0.134. The van der Waals surface area contributed by atoms with Gasteiger partial charge in [0.2, 0.25) is 11.8 Å². The molecule has 3 N–H and O–H groups in total. The van der Waals surface area contributed by atoms with Crippen molar-refractivity contribution < 1.29 is 24.2 Å². The van der Waals surface area contributed by atoms with Gasteiger partial charge >= 0.3 is 5.97 Å². The van der Waals surface area contributed by atoms with E-state index in [9.17, 15) is 19.5 Å². The van der Waals surface area contributed by atoms with Crippen LogP contribution in [0.25, 0.3) is 0 Å². The molecule has 1 saturated heterocycles. The number of piperidine rings is 1. The zero-order valence-electron chi connectivity index (χ0n) is 11.5. The van der Waals surface area contributed by atoms with Crippen LogP contribution < -0.4 is 15.4 Å². The molecule has 1 fully saturated rings. The lowest BCUT2D eigenvalue weighted by Crippen LogP contribution is -2.50. The van der Waals surface area contributed by atoms with Gasteiger partial charge in [-0.1, -0.05) is 12.1 Å². The molecule has 0 aromatic heterocycles. The predicted octanol–water partition coefficient (Wildman–Crippen LogP) is 0.288. The minimum atomic E-state index is -1.09. The molecule has 0 radical (unpaired) electrons. The van der Waals surface area contributed by atoms with Crippen LogP contribution in [-0.2, 0) is 16.1 Å². The Balaban J connectivity index is 2.11. The number of carboxylic acid groups (broad SMARTS) is 1. The Morgan fingerprint density at radius 2 is 2.24 bits per heavy atom. The Morgan fingerprint density at radius 3 is 2.86 bits per heavy atom. The Morgan fingerprint density at radius 1 is 1.48 bits per heavy atom. The number of aromatic carboxylic acids is 1. The summed E-state index contributed by atoms with van der Waals surface area (Å²) in [5.41, 5.74) is 0.589. The van der Waals surface area contributed by atoms with Crippen molar-refractivity contribution in [3.05, 3.63) is 29.3 Å². The van der Waals surface area contributed by atoms with E-state index in [-0.39, 0.29) is 36.1 Å². The van der Waals surface area contributed by atoms with Gasteiger partial charge in [0.15, 0.2) is 0 Å². The van der Waals surface area contributed by atoms with Gasteiger partial charge in [-0.15, -0.1) is 0 Å². The largest absolute Gasteiger partial charge is 0.496 e. The van der Waals surface area contributed by atoms with E-state index in [0.29, 0.717) is 12.0 Å². The summed E-state index contributed by atoms with van der Waals surface area (Å²) in [6.45, 7) is 0.200. The van der Waals surface area contributed by atoms with Crippen molar-refractivity contribution >= 4 is 17.8 Å². The predicted molar refractivity (Wildman–Crippen MR) is 73.0 cm³/mol. The van der Waals surface area contributed by atoms with Gasteiger partial charge < -0.3 is 15.2 Å². The number of imide groups is 1. The first-order valence-electron chi connectivity index (χ1n) is 6.49. The van der Waals surface area contributed by atoms with Gasteiger partial charge in [-0.05, 0) is 18.1 Å². The van der Waals surface area contributed by atoms with Crippen LogP contribution in [0, 0.1) is 0 Å². The number of carboxylic acids is 1. The normalized spacial score (nSPS) is 18.2. The van der Waals surface area contributed by atoms with Gasteiger partial charge in [0.25, 0.3) is 0 Å². The summed E-state index contributed by atoms with van der Waals surface area (Å²) in [7, 11) is 1.40. The second kappa shape index (κ2) is 6.36. The van der Waals surface area contributed by atoms with E-state index in [1.54, 1.807) is 18.2 Å². The average Bonchev–Trinajstić information content (AvgIpc) is 2.45. The summed E-state index contributed by atoms with van der Waals surface area (Å²) in [5.74, 6) is -1.49. The second-order valence-corrected chi connectivity index (χ2v) is 4.68. The van der Waals surface area contributed by atoms with Crippen LogP contribution in [0.5, 0.6) is 5.75 Å². The molecule has 21 heavy (non-hydrogen) atoms. The number of hydrogen-bond acceptors (Lipinski definition) is 5. The molecule has 1 aromatic rings. The molecule has 1 aliphatic rings. The van der Waals surface area contributed by atoms with Crippen molar-refractivity contribution in [2.75, 3.05) is 7.11 Å². The Bertz CT molecular complexity index is 585. The monoisotopic (exact) mass is 292 g/mol. The SMILES string of the molecule is COc1cccc(CNC2CCC(=O)NC2=O)c1C(=O)O. The molecule has 1 heterocycles. The number of amides is 2. The highest BCUT2D eigenvalue weighted by molar-refractivity contribution is 6.00. The summed E-state index contributed by atoms with van der Waals surface area (Å²) in [5, 5.41) is 14.5. The van der Waals surface area contributed by atoms with Crippen LogP contribution in [0.15, 0.2) is 18.2 Å². The molecule has 2 amide bonds. The number of carbonyl (C=O) groups excluding carboxylic acids is 2. The Kier molecular flexibility index (Phi) is 4.54. The fourth-order valence-corrected chi connectivity index (χ4v) is 2.26. The molecule has 0 aliphatic carbocycles.